The molecule has 0 radical (unpaired) electrons. The Morgan fingerprint density at radius 2 is 1.30 bits per heavy atom. The number of methoxy groups -OCH3 is 2. The Labute approximate surface area is 160 Å². The summed E-state index contributed by atoms with van der Waals surface area (Å²) in [5.41, 5.74) is 4.77. The maximum Gasteiger partial charge on any atom is 0.174 e. The Morgan fingerprint density at radius 3 is 1.78 bits per heavy atom. The Hall–Kier alpha value is -3.07. The van der Waals surface area contributed by atoms with Gasteiger partial charge in [-0.1, -0.05) is 36.4 Å². The van der Waals surface area contributed by atoms with Crippen LogP contribution in [0.4, 0.5) is 0 Å². The summed E-state index contributed by atoms with van der Waals surface area (Å²) in [5, 5.41) is 0. The van der Waals surface area contributed by atoms with E-state index < -0.39 is 5.92 Å². The zero-order chi connectivity index (χ0) is 19.4. The molecule has 0 N–H and O–H groups in total. The Bertz CT molecular complexity index is 912. The van der Waals surface area contributed by atoms with E-state index in [0.717, 1.165) is 28.2 Å². The van der Waals surface area contributed by atoms with Gasteiger partial charge in [-0.2, -0.15) is 0 Å². The first-order chi connectivity index (χ1) is 13.0. The molecule has 0 aromatic heterocycles. The van der Waals surface area contributed by atoms with Gasteiger partial charge in [-0.05, 0) is 66.4 Å². The number of aryl methyl sites for hydroxylation is 2. The molecule has 0 saturated heterocycles. The minimum Gasteiger partial charge on any atom is -0.497 e. The van der Waals surface area contributed by atoms with Crippen molar-refractivity contribution in [2.24, 2.45) is 0 Å². The van der Waals surface area contributed by atoms with Crippen LogP contribution in [0.15, 0.2) is 66.7 Å². The van der Waals surface area contributed by atoms with E-state index in [-0.39, 0.29) is 5.78 Å². The molecule has 3 rings (SSSR count). The van der Waals surface area contributed by atoms with Gasteiger partial charge in [0.25, 0.3) is 0 Å². The highest BCUT2D eigenvalue weighted by atomic mass is 16.5. The zero-order valence-electron chi connectivity index (χ0n) is 16.2. The van der Waals surface area contributed by atoms with E-state index >= 15 is 0 Å². The van der Waals surface area contributed by atoms with Gasteiger partial charge in [0.15, 0.2) is 5.78 Å². The SMILES string of the molecule is COc1cccc(C(C(=O)c2ccc(C)c(C)c2)c2cccc(OC)c2)c1. The number of Topliss-reactive ketones (excluding diaryl/α,β-unsaturated/α-hetero) is 1. The molecule has 138 valence electrons. The van der Waals surface area contributed by atoms with E-state index in [4.69, 9.17) is 9.47 Å². The lowest BCUT2D eigenvalue weighted by Gasteiger charge is -2.19. The summed E-state index contributed by atoms with van der Waals surface area (Å²) in [6.45, 7) is 4.07. The fourth-order valence-electron chi connectivity index (χ4n) is 3.20. The molecular formula is C24H24O3. The summed E-state index contributed by atoms with van der Waals surface area (Å²) in [7, 11) is 3.26. The predicted molar refractivity (Wildman–Crippen MR) is 108 cm³/mol. The molecule has 0 atom stereocenters. The molecule has 0 aliphatic carbocycles. The van der Waals surface area contributed by atoms with Crippen molar-refractivity contribution < 1.29 is 14.3 Å². The van der Waals surface area contributed by atoms with Crippen molar-refractivity contribution in [2.45, 2.75) is 19.8 Å². The van der Waals surface area contributed by atoms with Crippen molar-refractivity contribution in [1.82, 2.24) is 0 Å². The molecule has 27 heavy (non-hydrogen) atoms. The molecular weight excluding hydrogens is 336 g/mol. The number of carbonyl (C=O) groups is 1. The van der Waals surface area contributed by atoms with Gasteiger partial charge in [0.05, 0.1) is 20.1 Å². The quantitative estimate of drug-likeness (QED) is 0.557. The summed E-state index contributed by atoms with van der Waals surface area (Å²) in [5.74, 6) is 1.08. The number of carbonyl (C=O) groups excluding carboxylic acids is 1. The third kappa shape index (κ3) is 4.03. The first-order valence-corrected chi connectivity index (χ1v) is 8.93. The van der Waals surface area contributed by atoms with Crippen molar-refractivity contribution >= 4 is 5.78 Å². The Balaban J connectivity index is 2.13. The van der Waals surface area contributed by atoms with Crippen molar-refractivity contribution in [3.8, 4) is 11.5 Å². The number of rotatable bonds is 6. The maximum atomic E-state index is 13.5. The van der Waals surface area contributed by atoms with Crippen LogP contribution < -0.4 is 9.47 Å². The molecule has 0 aliphatic heterocycles. The topological polar surface area (TPSA) is 35.5 Å². The molecule has 3 aromatic carbocycles. The van der Waals surface area contributed by atoms with Crippen LogP contribution in [0.2, 0.25) is 0 Å². The molecule has 0 fully saturated rings. The third-order valence-corrected chi connectivity index (χ3v) is 4.91. The van der Waals surface area contributed by atoms with Crippen LogP contribution in [0.1, 0.15) is 38.5 Å². The van der Waals surface area contributed by atoms with Gasteiger partial charge in [0, 0.05) is 5.56 Å². The first kappa shape index (κ1) is 18.7. The monoisotopic (exact) mass is 360 g/mol. The van der Waals surface area contributed by atoms with Crippen LogP contribution in [0.3, 0.4) is 0 Å². The number of ketones is 1. The minimum absolute atomic E-state index is 0.0552. The normalized spacial score (nSPS) is 10.7. The highest BCUT2D eigenvalue weighted by Gasteiger charge is 2.25. The fourth-order valence-corrected chi connectivity index (χ4v) is 3.20. The summed E-state index contributed by atoms with van der Waals surface area (Å²) < 4.78 is 10.7. The molecule has 0 bridgehead atoms. The van der Waals surface area contributed by atoms with E-state index in [2.05, 4.69) is 0 Å². The summed E-state index contributed by atoms with van der Waals surface area (Å²) >= 11 is 0. The van der Waals surface area contributed by atoms with E-state index in [1.807, 2.05) is 80.6 Å². The second-order valence-corrected chi connectivity index (χ2v) is 6.65. The van der Waals surface area contributed by atoms with Crippen LogP contribution in [0, 0.1) is 13.8 Å². The molecule has 0 spiro atoms. The van der Waals surface area contributed by atoms with E-state index in [1.54, 1.807) is 14.2 Å². The number of ether oxygens (including phenoxy) is 2. The van der Waals surface area contributed by atoms with Gasteiger partial charge in [-0.25, -0.2) is 0 Å². The first-order valence-electron chi connectivity index (χ1n) is 8.93. The summed E-state index contributed by atoms with van der Waals surface area (Å²) in [6, 6.07) is 21.2. The smallest absolute Gasteiger partial charge is 0.174 e. The Kier molecular flexibility index (Phi) is 5.60. The number of benzene rings is 3. The molecule has 0 saturated carbocycles. The van der Waals surface area contributed by atoms with Gasteiger partial charge >= 0.3 is 0 Å². The van der Waals surface area contributed by atoms with E-state index in [9.17, 15) is 4.79 Å². The molecule has 0 amide bonds. The predicted octanol–water partition coefficient (Wildman–Crippen LogP) is 5.34. The van der Waals surface area contributed by atoms with Crippen molar-refractivity contribution in [2.75, 3.05) is 14.2 Å². The molecule has 3 nitrogen and oxygen atoms in total. The lowest BCUT2D eigenvalue weighted by molar-refractivity contribution is 0.0973. The van der Waals surface area contributed by atoms with E-state index in [1.165, 1.54) is 5.56 Å². The van der Waals surface area contributed by atoms with Crippen molar-refractivity contribution in [1.29, 1.82) is 0 Å². The zero-order valence-corrected chi connectivity index (χ0v) is 16.2. The molecule has 0 aliphatic rings. The van der Waals surface area contributed by atoms with E-state index in [0.29, 0.717) is 5.56 Å². The third-order valence-electron chi connectivity index (χ3n) is 4.91. The van der Waals surface area contributed by atoms with Crippen LogP contribution in [-0.4, -0.2) is 20.0 Å². The largest absolute Gasteiger partial charge is 0.497 e. The molecule has 0 heterocycles. The van der Waals surface area contributed by atoms with Gasteiger partial charge < -0.3 is 9.47 Å². The highest BCUT2D eigenvalue weighted by Crippen LogP contribution is 2.32. The van der Waals surface area contributed by atoms with Gasteiger partial charge in [-0.15, -0.1) is 0 Å². The summed E-state index contributed by atoms with van der Waals surface area (Å²) in [6.07, 6.45) is 0. The standard InChI is InChI=1S/C24H24O3/c1-16-11-12-20(13-17(16)2)24(25)23(18-7-5-9-21(14-18)26-3)19-8-6-10-22(15-19)27-4/h5-15,23H,1-4H3. The second kappa shape index (κ2) is 8.09. The van der Waals surface area contributed by atoms with Crippen LogP contribution >= 0.6 is 0 Å². The highest BCUT2D eigenvalue weighted by molar-refractivity contribution is 6.03. The second-order valence-electron chi connectivity index (χ2n) is 6.65. The Morgan fingerprint density at radius 1 is 0.741 bits per heavy atom. The average Bonchev–Trinajstić information content (AvgIpc) is 2.70. The summed E-state index contributed by atoms with van der Waals surface area (Å²) in [4.78, 5) is 13.5. The minimum atomic E-state index is -0.433. The lowest BCUT2D eigenvalue weighted by Crippen LogP contribution is -2.15. The van der Waals surface area contributed by atoms with Crippen LogP contribution in [0.25, 0.3) is 0 Å². The van der Waals surface area contributed by atoms with Gasteiger partial charge in [0.2, 0.25) is 0 Å². The molecule has 0 unspecified atom stereocenters. The number of hydrogen-bond donors (Lipinski definition) is 0. The maximum absolute atomic E-state index is 13.5. The van der Waals surface area contributed by atoms with Crippen LogP contribution in [-0.2, 0) is 0 Å². The lowest BCUT2D eigenvalue weighted by atomic mass is 9.84. The van der Waals surface area contributed by atoms with Crippen LogP contribution in [0.5, 0.6) is 11.5 Å². The fraction of sp³-hybridized carbons (Fsp3) is 0.208. The number of hydrogen-bond acceptors (Lipinski definition) is 3. The molecule has 3 aromatic rings. The van der Waals surface area contributed by atoms with Gasteiger partial charge in [-0.3, -0.25) is 4.79 Å². The van der Waals surface area contributed by atoms with Gasteiger partial charge in [0.1, 0.15) is 11.5 Å². The van der Waals surface area contributed by atoms with Crippen molar-refractivity contribution in [3.05, 3.63) is 94.5 Å². The average molecular weight is 360 g/mol. The molecule has 3 heteroatoms. The van der Waals surface area contributed by atoms with Crippen molar-refractivity contribution in [3.63, 3.8) is 0 Å².